The number of carboxylic acid groups (broad SMARTS) is 1. The van der Waals surface area contributed by atoms with Crippen molar-refractivity contribution in [2.75, 3.05) is 5.32 Å². The molecule has 4 aromatic rings. The lowest BCUT2D eigenvalue weighted by molar-refractivity contribution is 0.0697. The summed E-state index contributed by atoms with van der Waals surface area (Å²) in [5, 5.41) is 18.7. The number of hydrogen-bond acceptors (Lipinski definition) is 6. The highest BCUT2D eigenvalue weighted by Gasteiger charge is 2.26. The van der Waals surface area contributed by atoms with Crippen molar-refractivity contribution in [2.45, 2.75) is 0 Å². The normalized spacial score (nSPS) is 10.6. The Bertz CT molecular complexity index is 1140. The van der Waals surface area contributed by atoms with Crippen LogP contribution in [0.2, 0.25) is 0 Å². The largest absolute Gasteiger partial charge is 0.478 e. The number of amides is 1. The lowest BCUT2D eigenvalue weighted by Crippen LogP contribution is -2.12. The Balaban J connectivity index is 1.85. The first-order chi connectivity index (χ1) is 13.6. The SMILES string of the molecule is O=C(Nc1onc(-c2nccs2)c1-c1ccccc1C(=O)O)c1ccccc1. The highest BCUT2D eigenvalue weighted by atomic mass is 32.1. The third-order valence-electron chi connectivity index (χ3n) is 4.02. The topological polar surface area (TPSA) is 105 Å². The summed E-state index contributed by atoms with van der Waals surface area (Å²) in [5.74, 6) is -1.42. The molecule has 0 saturated carbocycles. The van der Waals surface area contributed by atoms with Gasteiger partial charge in [0.25, 0.3) is 5.91 Å². The van der Waals surface area contributed by atoms with Crippen molar-refractivity contribution < 1.29 is 19.2 Å². The van der Waals surface area contributed by atoms with E-state index in [4.69, 9.17) is 4.52 Å². The maximum absolute atomic E-state index is 12.6. The van der Waals surface area contributed by atoms with Gasteiger partial charge in [-0.25, -0.2) is 9.78 Å². The molecule has 28 heavy (non-hydrogen) atoms. The van der Waals surface area contributed by atoms with E-state index >= 15 is 0 Å². The van der Waals surface area contributed by atoms with E-state index < -0.39 is 11.9 Å². The monoisotopic (exact) mass is 391 g/mol. The maximum Gasteiger partial charge on any atom is 0.336 e. The number of carbonyl (C=O) groups excluding carboxylic acids is 1. The van der Waals surface area contributed by atoms with E-state index in [0.29, 0.717) is 27.4 Å². The fraction of sp³-hybridized carbons (Fsp3) is 0. The van der Waals surface area contributed by atoms with Gasteiger partial charge in [0.05, 0.1) is 11.1 Å². The first-order valence-electron chi connectivity index (χ1n) is 8.24. The van der Waals surface area contributed by atoms with Gasteiger partial charge in [-0.15, -0.1) is 11.3 Å². The van der Waals surface area contributed by atoms with Gasteiger partial charge in [0.15, 0.2) is 5.69 Å². The van der Waals surface area contributed by atoms with E-state index in [1.165, 1.54) is 17.4 Å². The highest BCUT2D eigenvalue weighted by Crippen LogP contribution is 2.40. The first-order valence-corrected chi connectivity index (χ1v) is 9.11. The van der Waals surface area contributed by atoms with Crippen LogP contribution in [0.5, 0.6) is 0 Å². The molecule has 8 heteroatoms. The molecule has 0 atom stereocenters. The van der Waals surface area contributed by atoms with Crippen LogP contribution < -0.4 is 5.32 Å². The van der Waals surface area contributed by atoms with Crippen LogP contribution in [0.15, 0.2) is 70.7 Å². The van der Waals surface area contributed by atoms with Crippen LogP contribution in [0.25, 0.3) is 21.8 Å². The molecule has 0 saturated heterocycles. The van der Waals surface area contributed by atoms with Crippen LogP contribution in [0.3, 0.4) is 0 Å². The fourth-order valence-electron chi connectivity index (χ4n) is 2.76. The Morgan fingerprint density at radius 3 is 2.50 bits per heavy atom. The van der Waals surface area contributed by atoms with E-state index in [2.05, 4.69) is 15.5 Å². The van der Waals surface area contributed by atoms with E-state index in [0.717, 1.165) is 0 Å². The number of nitrogens with one attached hydrogen (secondary N) is 1. The molecule has 0 bridgehead atoms. The van der Waals surface area contributed by atoms with Gasteiger partial charge in [0.1, 0.15) is 5.01 Å². The Kier molecular flexibility index (Phi) is 4.69. The van der Waals surface area contributed by atoms with Gasteiger partial charge in [-0.3, -0.25) is 10.1 Å². The molecule has 2 heterocycles. The van der Waals surface area contributed by atoms with Crippen molar-refractivity contribution in [1.82, 2.24) is 10.1 Å². The number of carbonyl (C=O) groups is 2. The Morgan fingerprint density at radius 1 is 1.04 bits per heavy atom. The number of thiazole rings is 1. The molecule has 0 fully saturated rings. The number of hydrogen-bond donors (Lipinski definition) is 2. The second-order valence-electron chi connectivity index (χ2n) is 5.74. The maximum atomic E-state index is 12.6. The third-order valence-corrected chi connectivity index (χ3v) is 4.80. The van der Waals surface area contributed by atoms with Crippen molar-refractivity contribution in [3.63, 3.8) is 0 Å². The van der Waals surface area contributed by atoms with Gasteiger partial charge in [0, 0.05) is 22.7 Å². The lowest BCUT2D eigenvalue weighted by Gasteiger charge is -2.08. The summed E-state index contributed by atoms with van der Waals surface area (Å²) in [5.41, 5.74) is 1.62. The fourth-order valence-corrected chi connectivity index (χ4v) is 3.39. The average Bonchev–Trinajstić information content (AvgIpc) is 3.38. The van der Waals surface area contributed by atoms with Crippen LogP contribution in [-0.4, -0.2) is 27.1 Å². The van der Waals surface area contributed by atoms with Crippen LogP contribution in [0, 0.1) is 0 Å². The summed E-state index contributed by atoms with van der Waals surface area (Å²) >= 11 is 1.33. The molecule has 0 unspecified atom stereocenters. The van der Waals surface area contributed by atoms with Crippen molar-refractivity contribution in [3.05, 3.63) is 77.3 Å². The van der Waals surface area contributed by atoms with Crippen LogP contribution in [0.4, 0.5) is 5.88 Å². The van der Waals surface area contributed by atoms with Gasteiger partial charge in [0.2, 0.25) is 5.88 Å². The molecule has 0 aliphatic heterocycles. The number of aromatic nitrogens is 2. The number of anilines is 1. The van der Waals surface area contributed by atoms with E-state index in [1.54, 1.807) is 60.1 Å². The number of nitrogens with zero attached hydrogens (tertiary/aromatic N) is 2. The second kappa shape index (κ2) is 7.45. The highest BCUT2D eigenvalue weighted by molar-refractivity contribution is 7.13. The Hall–Kier alpha value is -3.78. The number of aromatic carboxylic acids is 1. The minimum absolute atomic E-state index is 0.0627. The minimum atomic E-state index is -1.10. The van der Waals surface area contributed by atoms with Gasteiger partial charge in [-0.1, -0.05) is 41.6 Å². The minimum Gasteiger partial charge on any atom is -0.478 e. The molecule has 138 valence electrons. The predicted octanol–water partition coefficient (Wildman–Crippen LogP) is 4.42. The van der Waals surface area contributed by atoms with Gasteiger partial charge >= 0.3 is 5.97 Å². The van der Waals surface area contributed by atoms with Crippen molar-refractivity contribution in [2.24, 2.45) is 0 Å². The molecule has 2 aromatic carbocycles. The molecule has 0 spiro atoms. The molecular formula is C20H13N3O4S. The first kappa shape index (κ1) is 17.6. The molecule has 2 aromatic heterocycles. The Morgan fingerprint density at radius 2 is 1.79 bits per heavy atom. The standard InChI is InChI=1S/C20H13N3O4S/c24-17(12-6-2-1-3-7-12)22-18-15(13-8-4-5-9-14(13)20(25)26)16(23-27-18)19-21-10-11-28-19/h1-11H,(H,22,24)(H,25,26). The summed E-state index contributed by atoms with van der Waals surface area (Å²) in [4.78, 5) is 28.5. The van der Waals surface area contributed by atoms with Crippen LogP contribution in [0.1, 0.15) is 20.7 Å². The molecule has 7 nitrogen and oxygen atoms in total. The summed E-state index contributed by atoms with van der Waals surface area (Å²) in [7, 11) is 0. The zero-order chi connectivity index (χ0) is 19.5. The molecular weight excluding hydrogens is 378 g/mol. The van der Waals surface area contributed by atoms with Crippen LogP contribution in [-0.2, 0) is 0 Å². The lowest BCUT2D eigenvalue weighted by atomic mass is 9.99. The molecule has 4 rings (SSSR count). The second-order valence-corrected chi connectivity index (χ2v) is 6.64. The van der Waals surface area contributed by atoms with E-state index in [9.17, 15) is 14.7 Å². The third kappa shape index (κ3) is 3.28. The summed E-state index contributed by atoms with van der Waals surface area (Å²) in [6, 6.07) is 15.1. The van der Waals surface area contributed by atoms with Gasteiger partial charge < -0.3 is 9.63 Å². The summed E-state index contributed by atoms with van der Waals surface area (Å²) in [6.45, 7) is 0. The number of benzene rings is 2. The zero-order valence-corrected chi connectivity index (χ0v) is 15.1. The number of rotatable bonds is 5. The van der Waals surface area contributed by atoms with E-state index in [1.807, 2.05) is 0 Å². The summed E-state index contributed by atoms with van der Waals surface area (Å²) in [6.07, 6.45) is 1.61. The van der Waals surface area contributed by atoms with Crippen molar-refractivity contribution >= 4 is 29.1 Å². The molecule has 0 aliphatic carbocycles. The Labute approximate surface area is 163 Å². The zero-order valence-electron chi connectivity index (χ0n) is 14.3. The average molecular weight is 391 g/mol. The van der Waals surface area contributed by atoms with Crippen LogP contribution >= 0.6 is 11.3 Å². The molecule has 2 N–H and O–H groups in total. The smallest absolute Gasteiger partial charge is 0.336 e. The van der Waals surface area contributed by atoms with Gasteiger partial charge in [-0.05, 0) is 18.2 Å². The molecule has 0 radical (unpaired) electrons. The predicted molar refractivity (Wildman–Crippen MR) is 104 cm³/mol. The molecule has 1 amide bonds. The quantitative estimate of drug-likeness (QED) is 0.522. The number of carboxylic acids is 1. The summed E-state index contributed by atoms with van der Waals surface area (Å²) < 4.78 is 5.39. The van der Waals surface area contributed by atoms with Crippen molar-refractivity contribution in [3.8, 4) is 21.8 Å². The van der Waals surface area contributed by atoms with Gasteiger partial charge in [-0.2, -0.15) is 0 Å². The molecule has 0 aliphatic rings. The van der Waals surface area contributed by atoms with E-state index in [-0.39, 0.29) is 11.4 Å². The van der Waals surface area contributed by atoms with Crippen molar-refractivity contribution in [1.29, 1.82) is 0 Å².